The normalized spacial score (nSPS) is 29.3. The van der Waals surface area contributed by atoms with E-state index in [9.17, 15) is 14.7 Å². The summed E-state index contributed by atoms with van der Waals surface area (Å²) in [7, 11) is 1.60. The molecule has 122 valence electrons. The van der Waals surface area contributed by atoms with Crippen LogP contribution in [0, 0.1) is 23.7 Å². The number of carboxylic acids is 1. The summed E-state index contributed by atoms with van der Waals surface area (Å²) >= 11 is 0. The predicted molar refractivity (Wildman–Crippen MR) is 84.9 cm³/mol. The van der Waals surface area contributed by atoms with Gasteiger partial charge in [0, 0.05) is 0 Å². The van der Waals surface area contributed by atoms with Crippen LogP contribution < -0.4 is 10.1 Å². The minimum absolute atomic E-state index is 0.0135. The van der Waals surface area contributed by atoms with Gasteiger partial charge >= 0.3 is 5.97 Å². The summed E-state index contributed by atoms with van der Waals surface area (Å²) in [5, 5.41) is 12.4. The van der Waals surface area contributed by atoms with E-state index in [0.717, 1.165) is 17.7 Å². The second-order valence-electron chi connectivity index (χ2n) is 6.35. The van der Waals surface area contributed by atoms with Crippen molar-refractivity contribution in [2.75, 3.05) is 7.11 Å². The molecule has 1 fully saturated rings. The Kier molecular flexibility index (Phi) is 4.11. The van der Waals surface area contributed by atoms with Crippen molar-refractivity contribution in [2.45, 2.75) is 19.4 Å². The van der Waals surface area contributed by atoms with Gasteiger partial charge in [0.25, 0.3) is 0 Å². The highest BCUT2D eigenvalue weighted by Gasteiger charge is 2.51. The number of benzene rings is 1. The number of carboxylic acid groups (broad SMARTS) is 1. The lowest BCUT2D eigenvalue weighted by Crippen LogP contribution is -2.41. The number of amides is 1. The summed E-state index contributed by atoms with van der Waals surface area (Å²) in [5.74, 6) is -1.38. The molecule has 0 aliphatic heterocycles. The Bertz CT molecular complexity index is 654. The minimum Gasteiger partial charge on any atom is -0.497 e. The summed E-state index contributed by atoms with van der Waals surface area (Å²) < 4.78 is 5.20. The molecule has 3 rings (SSSR count). The Hall–Kier alpha value is -2.30. The van der Waals surface area contributed by atoms with Crippen molar-refractivity contribution >= 4 is 11.9 Å². The minimum atomic E-state index is -0.879. The molecule has 0 heterocycles. The molecule has 0 radical (unpaired) electrons. The Morgan fingerprint density at radius 1 is 1.26 bits per heavy atom. The van der Waals surface area contributed by atoms with E-state index >= 15 is 0 Å². The van der Waals surface area contributed by atoms with Crippen LogP contribution in [0.15, 0.2) is 36.4 Å². The van der Waals surface area contributed by atoms with Crippen LogP contribution in [-0.4, -0.2) is 24.1 Å². The molecule has 2 aliphatic rings. The Labute approximate surface area is 135 Å². The maximum atomic E-state index is 12.6. The van der Waals surface area contributed by atoms with Gasteiger partial charge in [-0.2, -0.15) is 0 Å². The van der Waals surface area contributed by atoms with E-state index in [0.29, 0.717) is 0 Å². The second-order valence-corrected chi connectivity index (χ2v) is 6.35. The molecule has 1 aromatic rings. The molecule has 0 aromatic heterocycles. The van der Waals surface area contributed by atoms with E-state index in [4.69, 9.17) is 4.74 Å². The number of nitrogens with one attached hydrogen (secondary N) is 1. The quantitative estimate of drug-likeness (QED) is 0.818. The molecular formula is C18H21NO4. The third-order valence-corrected chi connectivity index (χ3v) is 5.00. The average Bonchev–Trinajstić information content (AvgIpc) is 3.15. The predicted octanol–water partition coefficient (Wildman–Crippen LogP) is 2.40. The molecule has 1 saturated carbocycles. The summed E-state index contributed by atoms with van der Waals surface area (Å²) in [6.45, 7) is 1.89. The fraction of sp³-hybridized carbons (Fsp3) is 0.444. The first-order valence-corrected chi connectivity index (χ1v) is 7.86. The SMILES string of the molecule is COc1cccc([C@@H](C)NC(=O)[C@@H]2[C@@H](C(=O)O)[C@H]3C=C[C@H]2C3)c1. The van der Waals surface area contributed by atoms with Crippen molar-refractivity contribution in [3.8, 4) is 5.75 Å². The lowest BCUT2D eigenvalue weighted by molar-refractivity contribution is -0.148. The molecule has 0 unspecified atom stereocenters. The number of hydrogen-bond acceptors (Lipinski definition) is 3. The van der Waals surface area contributed by atoms with Crippen LogP contribution in [0.5, 0.6) is 5.75 Å². The molecule has 1 amide bonds. The van der Waals surface area contributed by atoms with Crippen LogP contribution in [-0.2, 0) is 9.59 Å². The van der Waals surface area contributed by atoms with E-state index in [1.54, 1.807) is 7.11 Å². The molecule has 5 nitrogen and oxygen atoms in total. The lowest BCUT2D eigenvalue weighted by atomic mass is 9.82. The monoisotopic (exact) mass is 315 g/mol. The van der Waals surface area contributed by atoms with Gasteiger partial charge in [-0.1, -0.05) is 24.3 Å². The number of fused-ring (bicyclic) bond motifs is 2. The van der Waals surface area contributed by atoms with Gasteiger partial charge in [0.2, 0.25) is 5.91 Å². The van der Waals surface area contributed by atoms with Gasteiger partial charge in [0.05, 0.1) is 25.0 Å². The second kappa shape index (κ2) is 6.07. The molecule has 2 N–H and O–H groups in total. The van der Waals surface area contributed by atoms with Gasteiger partial charge in [0.1, 0.15) is 5.75 Å². The Morgan fingerprint density at radius 2 is 1.96 bits per heavy atom. The van der Waals surface area contributed by atoms with Crippen LogP contribution in [0.2, 0.25) is 0 Å². The third kappa shape index (κ3) is 2.83. The zero-order valence-corrected chi connectivity index (χ0v) is 13.2. The molecule has 5 heteroatoms. The molecule has 5 atom stereocenters. The van der Waals surface area contributed by atoms with Gasteiger partial charge in [-0.3, -0.25) is 9.59 Å². The van der Waals surface area contributed by atoms with Gasteiger partial charge in [-0.15, -0.1) is 0 Å². The Morgan fingerprint density at radius 3 is 2.61 bits per heavy atom. The first-order chi connectivity index (χ1) is 11.0. The first-order valence-electron chi connectivity index (χ1n) is 7.86. The number of carbonyl (C=O) groups is 2. The van der Waals surface area contributed by atoms with Crippen molar-refractivity contribution in [3.63, 3.8) is 0 Å². The van der Waals surface area contributed by atoms with Crippen LogP contribution in [0.3, 0.4) is 0 Å². The topological polar surface area (TPSA) is 75.6 Å². The van der Waals surface area contributed by atoms with E-state index < -0.39 is 17.8 Å². The fourth-order valence-electron chi connectivity index (χ4n) is 3.82. The van der Waals surface area contributed by atoms with Crippen molar-refractivity contribution in [1.29, 1.82) is 0 Å². The summed E-state index contributed by atoms with van der Waals surface area (Å²) in [6, 6.07) is 7.31. The van der Waals surface area contributed by atoms with Crippen LogP contribution in [0.4, 0.5) is 0 Å². The number of aliphatic carboxylic acids is 1. The van der Waals surface area contributed by atoms with Crippen molar-refractivity contribution < 1.29 is 19.4 Å². The van der Waals surface area contributed by atoms with Gasteiger partial charge in [-0.25, -0.2) is 0 Å². The highest BCUT2D eigenvalue weighted by Crippen LogP contribution is 2.48. The van der Waals surface area contributed by atoms with Crippen LogP contribution in [0.1, 0.15) is 24.9 Å². The first kappa shape index (κ1) is 15.6. The average molecular weight is 315 g/mol. The van der Waals surface area contributed by atoms with E-state index in [2.05, 4.69) is 5.32 Å². The number of rotatable bonds is 5. The molecule has 23 heavy (non-hydrogen) atoms. The standard InChI is InChI=1S/C18H21NO4/c1-10(11-4-3-5-14(9-11)23-2)19-17(20)15-12-6-7-13(8-12)16(15)18(21)22/h3-7,9-10,12-13,15-16H,8H2,1-2H3,(H,19,20)(H,21,22)/t10-,12+,13+,15+,16+/m1/s1. The number of ether oxygens (including phenoxy) is 1. The van der Waals surface area contributed by atoms with E-state index in [1.165, 1.54) is 0 Å². The number of allylic oxidation sites excluding steroid dienone is 2. The Balaban J connectivity index is 1.73. The van der Waals surface area contributed by atoms with Crippen molar-refractivity contribution in [2.24, 2.45) is 23.7 Å². The summed E-state index contributed by atoms with van der Waals surface area (Å²) in [5.41, 5.74) is 0.934. The third-order valence-electron chi connectivity index (χ3n) is 5.00. The summed E-state index contributed by atoms with van der Waals surface area (Å²) in [6.07, 6.45) is 4.70. The highest BCUT2D eigenvalue weighted by molar-refractivity contribution is 5.87. The number of methoxy groups -OCH3 is 1. The number of hydrogen-bond donors (Lipinski definition) is 2. The van der Waals surface area contributed by atoms with Crippen LogP contribution in [0.25, 0.3) is 0 Å². The van der Waals surface area contributed by atoms with E-state index in [-0.39, 0.29) is 23.8 Å². The molecule has 0 spiro atoms. The summed E-state index contributed by atoms with van der Waals surface area (Å²) in [4.78, 5) is 24.2. The van der Waals surface area contributed by atoms with E-state index in [1.807, 2.05) is 43.3 Å². The smallest absolute Gasteiger partial charge is 0.307 e. The number of carbonyl (C=O) groups excluding carboxylic acids is 1. The van der Waals surface area contributed by atoms with Crippen molar-refractivity contribution in [3.05, 3.63) is 42.0 Å². The zero-order valence-electron chi connectivity index (χ0n) is 13.2. The largest absolute Gasteiger partial charge is 0.497 e. The molecular weight excluding hydrogens is 294 g/mol. The molecule has 2 bridgehead atoms. The molecule has 0 saturated heterocycles. The van der Waals surface area contributed by atoms with Crippen LogP contribution >= 0.6 is 0 Å². The zero-order chi connectivity index (χ0) is 16.6. The van der Waals surface area contributed by atoms with Gasteiger partial charge < -0.3 is 15.2 Å². The maximum Gasteiger partial charge on any atom is 0.307 e. The molecule has 2 aliphatic carbocycles. The highest BCUT2D eigenvalue weighted by atomic mass is 16.5. The molecule has 1 aromatic carbocycles. The fourth-order valence-corrected chi connectivity index (χ4v) is 3.82. The lowest BCUT2D eigenvalue weighted by Gasteiger charge is -2.26. The van der Waals surface area contributed by atoms with Gasteiger partial charge in [0.15, 0.2) is 0 Å². The van der Waals surface area contributed by atoms with Crippen molar-refractivity contribution in [1.82, 2.24) is 5.32 Å². The van der Waals surface area contributed by atoms with Gasteiger partial charge in [-0.05, 0) is 42.9 Å². The maximum absolute atomic E-state index is 12.6.